The van der Waals surface area contributed by atoms with E-state index in [0.717, 1.165) is 52.9 Å². The lowest BCUT2D eigenvalue weighted by Crippen LogP contribution is -2.48. The number of rotatable bonds is 3. The van der Waals surface area contributed by atoms with Gasteiger partial charge in [-0.2, -0.15) is 0 Å². The average Bonchev–Trinajstić information content (AvgIpc) is 3.46. The summed E-state index contributed by atoms with van der Waals surface area (Å²) in [6.07, 6.45) is 3.55. The molecule has 1 N–H and O–H groups in total. The lowest BCUT2D eigenvalue weighted by atomic mass is 9.77. The summed E-state index contributed by atoms with van der Waals surface area (Å²) in [5.41, 5.74) is 3.21. The molecule has 164 valence electrons. The molecule has 1 unspecified atom stereocenters. The summed E-state index contributed by atoms with van der Waals surface area (Å²) >= 11 is 7.77. The van der Waals surface area contributed by atoms with E-state index in [4.69, 9.17) is 11.6 Å². The molecule has 32 heavy (non-hydrogen) atoms. The van der Waals surface area contributed by atoms with E-state index >= 15 is 0 Å². The Labute approximate surface area is 197 Å². The number of aryl methyl sites for hydroxylation is 1. The van der Waals surface area contributed by atoms with E-state index in [1.807, 2.05) is 59.7 Å². The number of carbonyl (C=O) groups excluding carboxylic acids is 2. The topological polar surface area (TPSA) is 49.4 Å². The van der Waals surface area contributed by atoms with E-state index in [0.29, 0.717) is 5.02 Å². The van der Waals surface area contributed by atoms with Crippen molar-refractivity contribution in [3.63, 3.8) is 0 Å². The summed E-state index contributed by atoms with van der Waals surface area (Å²) in [5.74, 6) is -0.132. The van der Waals surface area contributed by atoms with Gasteiger partial charge in [-0.15, -0.1) is 11.3 Å². The van der Waals surface area contributed by atoms with E-state index in [9.17, 15) is 9.59 Å². The number of hydrogen-bond donors (Lipinski definition) is 1. The van der Waals surface area contributed by atoms with Gasteiger partial charge in [0.15, 0.2) is 0 Å². The number of nitrogens with one attached hydrogen (secondary N) is 1. The molecule has 2 heterocycles. The van der Waals surface area contributed by atoms with Crippen molar-refractivity contribution < 1.29 is 9.59 Å². The van der Waals surface area contributed by atoms with Crippen LogP contribution in [0.15, 0.2) is 60.0 Å². The van der Waals surface area contributed by atoms with Crippen molar-refractivity contribution in [3.8, 4) is 0 Å². The maximum Gasteiger partial charge on any atom is 0.244 e. The molecule has 1 fully saturated rings. The van der Waals surface area contributed by atoms with E-state index in [1.54, 1.807) is 11.3 Å². The van der Waals surface area contributed by atoms with Crippen LogP contribution < -0.4 is 5.32 Å². The minimum Gasteiger partial charge on any atom is -0.324 e. The van der Waals surface area contributed by atoms with Crippen LogP contribution in [0.4, 0.5) is 5.69 Å². The van der Waals surface area contributed by atoms with Crippen LogP contribution in [-0.4, -0.2) is 23.3 Å². The number of anilines is 1. The number of benzene rings is 2. The molecule has 4 nitrogen and oxygen atoms in total. The SMILES string of the molecule is Cc1ccc2c(c1)C(c1cccs1)N(C(=O)C1(c3ccc(Cl)cc3)CCCC1)CC(=O)N2. The fourth-order valence-electron chi connectivity index (χ4n) is 5.22. The van der Waals surface area contributed by atoms with Crippen LogP contribution in [0.5, 0.6) is 0 Å². The molecule has 0 saturated heterocycles. The molecule has 1 aliphatic heterocycles. The zero-order valence-corrected chi connectivity index (χ0v) is 19.5. The highest BCUT2D eigenvalue weighted by Gasteiger charge is 2.48. The van der Waals surface area contributed by atoms with E-state index in [2.05, 4.69) is 17.4 Å². The molecular weight excluding hydrogens is 440 g/mol. The van der Waals surface area contributed by atoms with Crippen LogP contribution in [0.25, 0.3) is 0 Å². The van der Waals surface area contributed by atoms with Crippen molar-refractivity contribution in [2.24, 2.45) is 0 Å². The van der Waals surface area contributed by atoms with Gasteiger partial charge in [0.25, 0.3) is 0 Å². The van der Waals surface area contributed by atoms with Gasteiger partial charge in [0, 0.05) is 21.2 Å². The van der Waals surface area contributed by atoms with Crippen LogP contribution in [0, 0.1) is 6.92 Å². The molecule has 3 aromatic rings. The van der Waals surface area contributed by atoms with Gasteiger partial charge in [0.1, 0.15) is 6.54 Å². The first kappa shape index (κ1) is 21.2. The fraction of sp³-hybridized carbons (Fsp3) is 0.308. The molecule has 1 aromatic heterocycles. The van der Waals surface area contributed by atoms with Crippen LogP contribution in [0.2, 0.25) is 5.02 Å². The van der Waals surface area contributed by atoms with Crippen molar-refractivity contribution in [2.75, 3.05) is 11.9 Å². The van der Waals surface area contributed by atoms with Crippen molar-refractivity contribution in [1.29, 1.82) is 0 Å². The second kappa shape index (κ2) is 8.38. The van der Waals surface area contributed by atoms with Crippen molar-refractivity contribution in [1.82, 2.24) is 4.90 Å². The van der Waals surface area contributed by atoms with Crippen molar-refractivity contribution in [3.05, 3.63) is 86.6 Å². The van der Waals surface area contributed by atoms with Gasteiger partial charge >= 0.3 is 0 Å². The lowest BCUT2D eigenvalue weighted by Gasteiger charge is -2.38. The van der Waals surface area contributed by atoms with Gasteiger partial charge in [-0.05, 0) is 55.0 Å². The first-order valence-corrected chi connectivity index (χ1v) is 12.2. The zero-order valence-electron chi connectivity index (χ0n) is 17.9. The Morgan fingerprint density at radius 1 is 1.12 bits per heavy atom. The minimum absolute atomic E-state index is 0.0280. The monoisotopic (exact) mass is 464 g/mol. The second-order valence-corrected chi connectivity index (χ2v) is 10.2. The molecule has 2 aliphatic rings. The molecule has 2 amide bonds. The summed E-state index contributed by atoms with van der Waals surface area (Å²) in [7, 11) is 0. The second-order valence-electron chi connectivity index (χ2n) is 8.79. The molecular formula is C26H25ClN2O2S. The molecule has 5 rings (SSSR count). The number of nitrogens with zero attached hydrogens (tertiary/aromatic N) is 1. The normalized spacial score (nSPS) is 19.9. The summed E-state index contributed by atoms with van der Waals surface area (Å²) in [6.45, 7) is 2.07. The van der Waals surface area contributed by atoms with E-state index in [-0.39, 0.29) is 24.4 Å². The molecule has 0 spiro atoms. The lowest BCUT2D eigenvalue weighted by molar-refractivity contribution is -0.141. The van der Waals surface area contributed by atoms with Gasteiger partial charge in [-0.3, -0.25) is 9.59 Å². The van der Waals surface area contributed by atoms with Gasteiger partial charge < -0.3 is 10.2 Å². The zero-order chi connectivity index (χ0) is 22.3. The Hall–Kier alpha value is -2.63. The quantitative estimate of drug-likeness (QED) is 0.509. The Kier molecular flexibility index (Phi) is 5.56. The summed E-state index contributed by atoms with van der Waals surface area (Å²) in [4.78, 5) is 30.2. The van der Waals surface area contributed by atoms with Crippen molar-refractivity contribution in [2.45, 2.75) is 44.1 Å². The van der Waals surface area contributed by atoms with Gasteiger partial charge in [-0.1, -0.05) is 60.3 Å². The maximum absolute atomic E-state index is 14.4. The predicted octanol–water partition coefficient (Wildman–Crippen LogP) is 6.09. The van der Waals surface area contributed by atoms with Crippen LogP contribution in [0.3, 0.4) is 0 Å². The smallest absolute Gasteiger partial charge is 0.244 e. The molecule has 1 saturated carbocycles. The van der Waals surface area contributed by atoms with E-state index in [1.165, 1.54) is 0 Å². The Morgan fingerprint density at radius 3 is 2.56 bits per heavy atom. The molecule has 0 bridgehead atoms. The third-order valence-corrected chi connectivity index (χ3v) is 7.91. The Balaban J connectivity index is 1.66. The summed E-state index contributed by atoms with van der Waals surface area (Å²) in [5, 5.41) is 5.71. The van der Waals surface area contributed by atoms with Gasteiger partial charge in [0.2, 0.25) is 11.8 Å². The number of halogens is 1. The summed E-state index contributed by atoms with van der Waals surface area (Å²) < 4.78 is 0. The van der Waals surface area contributed by atoms with Crippen LogP contribution in [-0.2, 0) is 15.0 Å². The first-order chi connectivity index (χ1) is 15.5. The number of thiophene rings is 1. The molecule has 0 radical (unpaired) electrons. The fourth-order valence-corrected chi connectivity index (χ4v) is 6.20. The van der Waals surface area contributed by atoms with Crippen LogP contribution >= 0.6 is 22.9 Å². The molecule has 1 aliphatic carbocycles. The third-order valence-electron chi connectivity index (χ3n) is 6.74. The Bertz CT molecular complexity index is 1150. The maximum atomic E-state index is 14.4. The highest BCUT2D eigenvalue weighted by Crippen LogP contribution is 2.46. The van der Waals surface area contributed by atoms with Gasteiger partial charge in [0.05, 0.1) is 11.5 Å². The average molecular weight is 465 g/mol. The highest BCUT2D eigenvalue weighted by atomic mass is 35.5. The Morgan fingerprint density at radius 2 is 1.88 bits per heavy atom. The largest absolute Gasteiger partial charge is 0.324 e. The first-order valence-electron chi connectivity index (χ1n) is 11.0. The molecule has 2 aromatic carbocycles. The highest BCUT2D eigenvalue weighted by molar-refractivity contribution is 7.10. The molecule has 6 heteroatoms. The molecule has 1 atom stereocenters. The van der Waals surface area contributed by atoms with Crippen molar-refractivity contribution >= 4 is 40.4 Å². The predicted molar refractivity (Wildman–Crippen MR) is 129 cm³/mol. The number of hydrogen-bond acceptors (Lipinski definition) is 3. The number of carbonyl (C=O) groups is 2. The van der Waals surface area contributed by atoms with E-state index < -0.39 is 5.41 Å². The summed E-state index contributed by atoms with van der Waals surface area (Å²) in [6, 6.07) is 17.4. The van der Waals surface area contributed by atoms with Crippen LogP contribution in [0.1, 0.15) is 53.3 Å². The van der Waals surface area contributed by atoms with Gasteiger partial charge in [-0.25, -0.2) is 0 Å². The standard InChI is InChI=1S/C26H25ClN2O2S/c1-17-6-11-21-20(15-17)24(22-5-4-14-32-22)29(16-23(30)28-21)25(31)26(12-2-3-13-26)18-7-9-19(27)10-8-18/h4-11,14-15,24H,2-3,12-13,16H2,1H3,(H,28,30). The number of fused-ring (bicyclic) bond motifs is 1. The third kappa shape index (κ3) is 3.63. The number of amides is 2. The minimum atomic E-state index is -0.630.